The van der Waals surface area contributed by atoms with Crippen LogP contribution in [0.1, 0.15) is 40.5 Å². The van der Waals surface area contributed by atoms with Crippen LogP contribution in [0.5, 0.6) is 0 Å². The minimum absolute atomic E-state index is 0.0843. The van der Waals surface area contributed by atoms with E-state index >= 15 is 0 Å². The van der Waals surface area contributed by atoms with Crippen LogP contribution in [0.2, 0.25) is 0 Å². The lowest BCUT2D eigenvalue weighted by Gasteiger charge is -2.20. The summed E-state index contributed by atoms with van der Waals surface area (Å²) in [5, 5.41) is 6.13. The smallest absolute Gasteiger partial charge is 0.251 e. The average Bonchev–Trinajstić information content (AvgIpc) is 2.57. The van der Waals surface area contributed by atoms with E-state index in [2.05, 4.69) is 25.9 Å². The van der Waals surface area contributed by atoms with Crippen LogP contribution in [0.15, 0.2) is 5.10 Å². The summed E-state index contributed by atoms with van der Waals surface area (Å²) in [5.74, 6) is 0.358. The highest BCUT2D eigenvalue weighted by Gasteiger charge is 2.37. The van der Waals surface area contributed by atoms with Gasteiger partial charge in [0.1, 0.15) is 0 Å². The molecule has 1 rings (SSSR count). The summed E-state index contributed by atoms with van der Waals surface area (Å²) in [4.78, 5) is 12.2. The number of nitrogens with two attached hydrogens (primary N) is 1. The lowest BCUT2D eigenvalue weighted by molar-refractivity contribution is -0.133. The van der Waals surface area contributed by atoms with Crippen molar-refractivity contribution in [2.24, 2.45) is 22.7 Å². The third-order valence-electron chi connectivity index (χ3n) is 3.16. The van der Waals surface area contributed by atoms with Crippen LogP contribution in [0, 0.1) is 11.8 Å². The van der Waals surface area contributed by atoms with E-state index in [4.69, 9.17) is 5.73 Å². The van der Waals surface area contributed by atoms with Gasteiger partial charge in [0.25, 0.3) is 5.91 Å². The molecule has 0 aliphatic carbocycles. The van der Waals surface area contributed by atoms with Crippen molar-refractivity contribution >= 4 is 11.6 Å². The number of nitrogens with zero attached hydrogens (tertiary/aromatic N) is 2. The monoisotopic (exact) mass is 225 g/mol. The largest absolute Gasteiger partial charge is 0.330 e. The van der Waals surface area contributed by atoms with Crippen LogP contribution in [0.25, 0.3) is 0 Å². The Morgan fingerprint density at radius 1 is 1.44 bits per heavy atom. The molecule has 16 heavy (non-hydrogen) atoms. The molecule has 0 saturated carbocycles. The number of hydrogen-bond donors (Lipinski definition) is 1. The second-order valence-electron chi connectivity index (χ2n) is 4.75. The summed E-state index contributed by atoms with van der Waals surface area (Å²) in [5.41, 5.74) is 6.56. The molecule has 0 aromatic carbocycles. The molecule has 1 aliphatic rings. The Morgan fingerprint density at radius 2 is 2.06 bits per heavy atom. The van der Waals surface area contributed by atoms with Gasteiger partial charge in [0.2, 0.25) is 0 Å². The fourth-order valence-corrected chi connectivity index (χ4v) is 1.97. The number of amides is 1. The zero-order chi connectivity index (χ0) is 12.3. The summed E-state index contributed by atoms with van der Waals surface area (Å²) >= 11 is 0. The molecule has 1 heterocycles. The van der Waals surface area contributed by atoms with Crippen molar-refractivity contribution in [3.8, 4) is 0 Å². The minimum Gasteiger partial charge on any atom is -0.330 e. The highest BCUT2D eigenvalue weighted by atomic mass is 16.2. The van der Waals surface area contributed by atoms with Gasteiger partial charge in [0.15, 0.2) is 0 Å². The van der Waals surface area contributed by atoms with Crippen LogP contribution in [-0.4, -0.2) is 29.2 Å². The standard InChI is InChI=1S/C12H23N3O/c1-5-9(4)15-12(16)10(6-7-13)11(14-15)8(2)3/h8-10H,5-7,13H2,1-4H3. The van der Waals surface area contributed by atoms with Gasteiger partial charge in [0, 0.05) is 0 Å². The molecule has 2 unspecified atom stereocenters. The first-order valence-corrected chi connectivity index (χ1v) is 6.14. The van der Waals surface area contributed by atoms with E-state index < -0.39 is 0 Å². The van der Waals surface area contributed by atoms with Crippen LogP contribution >= 0.6 is 0 Å². The molecular weight excluding hydrogens is 202 g/mol. The highest BCUT2D eigenvalue weighted by molar-refractivity contribution is 6.08. The Hall–Kier alpha value is -0.900. The van der Waals surface area contributed by atoms with Crippen molar-refractivity contribution in [1.29, 1.82) is 0 Å². The van der Waals surface area contributed by atoms with E-state index in [9.17, 15) is 4.79 Å². The Balaban J connectivity index is 2.89. The van der Waals surface area contributed by atoms with Crippen molar-refractivity contribution < 1.29 is 4.79 Å². The van der Waals surface area contributed by atoms with E-state index in [0.29, 0.717) is 18.9 Å². The maximum Gasteiger partial charge on any atom is 0.251 e. The summed E-state index contributed by atoms with van der Waals surface area (Å²) in [6.45, 7) is 8.80. The van der Waals surface area contributed by atoms with E-state index in [1.165, 1.54) is 0 Å². The van der Waals surface area contributed by atoms with Gasteiger partial charge < -0.3 is 5.73 Å². The van der Waals surface area contributed by atoms with Crippen molar-refractivity contribution in [2.75, 3.05) is 6.54 Å². The molecule has 2 N–H and O–H groups in total. The molecule has 2 atom stereocenters. The zero-order valence-electron chi connectivity index (χ0n) is 10.7. The minimum atomic E-state index is -0.0843. The van der Waals surface area contributed by atoms with Crippen molar-refractivity contribution in [3.05, 3.63) is 0 Å². The Morgan fingerprint density at radius 3 is 2.50 bits per heavy atom. The van der Waals surface area contributed by atoms with Gasteiger partial charge >= 0.3 is 0 Å². The Labute approximate surface area is 97.9 Å². The molecule has 0 radical (unpaired) electrons. The van der Waals surface area contributed by atoms with Gasteiger partial charge in [-0.05, 0) is 32.2 Å². The van der Waals surface area contributed by atoms with Crippen molar-refractivity contribution in [1.82, 2.24) is 5.01 Å². The maximum absolute atomic E-state index is 12.2. The molecule has 0 saturated heterocycles. The summed E-state index contributed by atoms with van der Waals surface area (Å²) in [6, 6.07) is 0.184. The van der Waals surface area contributed by atoms with Crippen molar-refractivity contribution in [3.63, 3.8) is 0 Å². The molecule has 0 fully saturated rings. The Bertz CT molecular complexity index is 286. The van der Waals surface area contributed by atoms with Gasteiger partial charge in [-0.2, -0.15) is 5.10 Å². The quantitative estimate of drug-likeness (QED) is 0.772. The molecule has 0 spiro atoms. The maximum atomic E-state index is 12.2. The van der Waals surface area contributed by atoms with Crippen LogP contribution in [-0.2, 0) is 4.79 Å². The lowest BCUT2D eigenvalue weighted by Crippen LogP contribution is -2.35. The molecule has 0 aromatic rings. The van der Waals surface area contributed by atoms with Crippen molar-refractivity contribution in [2.45, 2.75) is 46.6 Å². The number of hydrogen-bond acceptors (Lipinski definition) is 3. The Kier molecular flexibility index (Phi) is 4.47. The lowest BCUT2D eigenvalue weighted by atomic mass is 9.92. The molecule has 0 bridgehead atoms. The molecular formula is C12H23N3O. The first-order valence-electron chi connectivity index (χ1n) is 6.14. The molecule has 0 aromatic heterocycles. The second-order valence-corrected chi connectivity index (χ2v) is 4.75. The highest BCUT2D eigenvalue weighted by Crippen LogP contribution is 2.25. The number of hydrazone groups is 1. The summed E-state index contributed by atoms with van der Waals surface area (Å²) in [6.07, 6.45) is 1.64. The van der Waals surface area contributed by atoms with E-state index in [0.717, 1.165) is 12.1 Å². The summed E-state index contributed by atoms with van der Waals surface area (Å²) < 4.78 is 0. The van der Waals surface area contributed by atoms with Gasteiger partial charge in [0.05, 0.1) is 17.7 Å². The molecule has 4 nitrogen and oxygen atoms in total. The molecule has 1 aliphatic heterocycles. The van der Waals surface area contributed by atoms with Crippen LogP contribution < -0.4 is 5.73 Å². The van der Waals surface area contributed by atoms with Gasteiger partial charge in [-0.25, -0.2) is 5.01 Å². The van der Waals surface area contributed by atoms with Crippen LogP contribution in [0.4, 0.5) is 0 Å². The van der Waals surface area contributed by atoms with Gasteiger partial charge in [-0.3, -0.25) is 4.79 Å². The first-order chi connectivity index (χ1) is 7.52. The normalized spacial score (nSPS) is 22.9. The number of carbonyl (C=O) groups is 1. The third kappa shape index (κ3) is 2.43. The van der Waals surface area contributed by atoms with Gasteiger partial charge in [-0.1, -0.05) is 20.8 Å². The average molecular weight is 225 g/mol. The van der Waals surface area contributed by atoms with E-state index in [1.54, 1.807) is 5.01 Å². The predicted molar refractivity (Wildman–Crippen MR) is 66.0 cm³/mol. The fraction of sp³-hybridized carbons (Fsp3) is 0.833. The molecule has 1 amide bonds. The topological polar surface area (TPSA) is 58.7 Å². The number of carbonyl (C=O) groups excluding carboxylic acids is 1. The number of rotatable bonds is 5. The SMILES string of the molecule is CCC(C)N1N=C(C(C)C)C(CCN)C1=O. The van der Waals surface area contributed by atoms with Crippen LogP contribution in [0.3, 0.4) is 0 Å². The van der Waals surface area contributed by atoms with E-state index in [-0.39, 0.29) is 17.9 Å². The molecule has 4 heteroatoms. The zero-order valence-corrected chi connectivity index (χ0v) is 10.7. The van der Waals surface area contributed by atoms with Gasteiger partial charge in [-0.15, -0.1) is 0 Å². The molecule has 92 valence electrons. The van der Waals surface area contributed by atoms with E-state index in [1.807, 2.05) is 6.92 Å². The second kappa shape index (κ2) is 5.43. The first kappa shape index (κ1) is 13.2. The fourth-order valence-electron chi connectivity index (χ4n) is 1.97. The summed E-state index contributed by atoms with van der Waals surface area (Å²) in [7, 11) is 0. The third-order valence-corrected chi connectivity index (χ3v) is 3.16. The predicted octanol–water partition coefficient (Wildman–Crippen LogP) is 1.60.